The van der Waals surface area contributed by atoms with Gasteiger partial charge in [-0.15, -0.1) is 0 Å². The molecule has 3 N–H and O–H groups in total. The number of halogens is 1. The molecule has 0 radical (unpaired) electrons. The maximum atomic E-state index is 11.9. The number of amides is 2. The maximum absolute atomic E-state index is 11.9. The fraction of sp³-hybridized carbons (Fsp3) is 0.385. The van der Waals surface area contributed by atoms with Crippen molar-refractivity contribution in [1.82, 2.24) is 5.32 Å². The highest BCUT2D eigenvalue weighted by atomic mass is 79.9. The molecule has 19 heavy (non-hydrogen) atoms. The predicted octanol–water partition coefficient (Wildman–Crippen LogP) is -0.289. The molecule has 0 aliphatic carbocycles. The minimum atomic E-state index is -0.0601. The second kappa shape index (κ2) is 6.16. The molecule has 0 aromatic heterocycles. The first-order chi connectivity index (χ1) is 9.04. The fourth-order valence-corrected chi connectivity index (χ4v) is 2.57. The number of carbonyl (C=O) groups is 2. The van der Waals surface area contributed by atoms with Gasteiger partial charge >= 0.3 is 0 Å². The van der Waals surface area contributed by atoms with Crippen LogP contribution in [0, 0.1) is 6.92 Å². The molecular formula is C13H17BrN3O2+. The third-order valence-corrected chi connectivity index (χ3v) is 3.58. The van der Waals surface area contributed by atoms with Gasteiger partial charge in [-0.3, -0.25) is 9.59 Å². The number of hydrogen-bond acceptors (Lipinski definition) is 2. The van der Waals surface area contributed by atoms with E-state index < -0.39 is 0 Å². The van der Waals surface area contributed by atoms with E-state index in [1.54, 1.807) is 0 Å². The molecule has 1 aliphatic rings. The number of aryl methyl sites for hydroxylation is 1. The Labute approximate surface area is 120 Å². The Hall–Kier alpha value is -1.40. The smallest absolute Gasteiger partial charge is 0.279 e. The normalized spacial score (nSPS) is 18.8. The van der Waals surface area contributed by atoms with Crippen LogP contribution in [-0.2, 0) is 9.59 Å². The number of quaternary nitrogens is 1. The number of hydrogen-bond donors (Lipinski definition) is 3. The van der Waals surface area contributed by atoms with Crippen molar-refractivity contribution in [3.63, 3.8) is 0 Å². The molecule has 6 heteroatoms. The van der Waals surface area contributed by atoms with Gasteiger partial charge in [0.2, 0.25) is 0 Å². The fourth-order valence-electron chi connectivity index (χ4n) is 2.10. The van der Waals surface area contributed by atoms with Crippen molar-refractivity contribution in [3.8, 4) is 0 Å². The summed E-state index contributed by atoms with van der Waals surface area (Å²) in [4.78, 5) is 24.2. The van der Waals surface area contributed by atoms with Gasteiger partial charge in [0.15, 0.2) is 13.1 Å². The number of rotatable bonds is 3. The molecule has 102 valence electrons. The lowest BCUT2D eigenvalue weighted by Gasteiger charge is -2.23. The molecule has 1 aliphatic heterocycles. The molecule has 2 rings (SSSR count). The highest BCUT2D eigenvalue weighted by molar-refractivity contribution is 9.10. The Morgan fingerprint density at radius 2 is 2.32 bits per heavy atom. The number of nitrogens with one attached hydrogen (secondary N) is 3. The van der Waals surface area contributed by atoms with Crippen molar-refractivity contribution in [2.45, 2.75) is 6.92 Å². The minimum absolute atomic E-state index is 0.00822. The molecule has 1 fully saturated rings. The van der Waals surface area contributed by atoms with E-state index in [1.165, 1.54) is 0 Å². The standard InChI is InChI=1S/C13H16BrN3O2/c1-9-6-10(14)2-3-11(9)16-13(19)8-17-5-4-15-12(18)7-17/h2-3,6H,4-5,7-8H2,1H3,(H,15,18)(H,16,19)/p+1. The topological polar surface area (TPSA) is 62.6 Å². The van der Waals surface area contributed by atoms with Crippen molar-refractivity contribution in [2.75, 3.05) is 31.5 Å². The van der Waals surface area contributed by atoms with Gasteiger partial charge in [-0.2, -0.15) is 0 Å². The quantitative estimate of drug-likeness (QED) is 0.715. The summed E-state index contributed by atoms with van der Waals surface area (Å²) in [6, 6.07) is 5.72. The average molecular weight is 327 g/mol. The maximum Gasteiger partial charge on any atom is 0.279 e. The SMILES string of the molecule is Cc1cc(Br)ccc1NC(=O)C[NH+]1CCNC(=O)C1. The third kappa shape index (κ3) is 4.04. The summed E-state index contributed by atoms with van der Waals surface area (Å²) in [6.45, 7) is 4.06. The van der Waals surface area contributed by atoms with Crippen molar-refractivity contribution >= 4 is 33.4 Å². The van der Waals surface area contributed by atoms with Crippen LogP contribution in [0.4, 0.5) is 5.69 Å². The van der Waals surface area contributed by atoms with Crippen LogP contribution in [0.1, 0.15) is 5.56 Å². The Morgan fingerprint density at radius 1 is 1.53 bits per heavy atom. The molecule has 1 unspecified atom stereocenters. The molecule has 1 saturated heterocycles. The summed E-state index contributed by atoms with van der Waals surface area (Å²) < 4.78 is 0.987. The number of carbonyl (C=O) groups excluding carboxylic acids is 2. The van der Waals surface area contributed by atoms with E-state index in [2.05, 4.69) is 26.6 Å². The van der Waals surface area contributed by atoms with Gasteiger partial charge in [0.05, 0.1) is 13.1 Å². The van der Waals surface area contributed by atoms with Crippen LogP contribution in [0.2, 0.25) is 0 Å². The lowest BCUT2D eigenvalue weighted by Crippen LogP contribution is -3.16. The zero-order valence-electron chi connectivity index (χ0n) is 10.8. The van der Waals surface area contributed by atoms with Gasteiger partial charge in [0, 0.05) is 10.2 Å². The molecule has 1 atom stereocenters. The summed E-state index contributed by atoms with van der Waals surface area (Å²) in [5, 5.41) is 5.64. The zero-order valence-corrected chi connectivity index (χ0v) is 12.3. The van der Waals surface area contributed by atoms with Crippen LogP contribution in [-0.4, -0.2) is 38.0 Å². The number of anilines is 1. The first-order valence-electron chi connectivity index (χ1n) is 6.21. The van der Waals surface area contributed by atoms with E-state index in [1.807, 2.05) is 25.1 Å². The van der Waals surface area contributed by atoms with E-state index >= 15 is 0 Å². The van der Waals surface area contributed by atoms with E-state index in [0.29, 0.717) is 19.6 Å². The van der Waals surface area contributed by atoms with Gasteiger partial charge in [-0.25, -0.2) is 0 Å². The molecule has 0 saturated carbocycles. The Morgan fingerprint density at radius 3 is 3.00 bits per heavy atom. The van der Waals surface area contributed by atoms with Crippen LogP contribution < -0.4 is 15.5 Å². The first kappa shape index (κ1) is 14.0. The number of benzene rings is 1. The molecule has 0 spiro atoms. The van der Waals surface area contributed by atoms with E-state index in [0.717, 1.165) is 27.2 Å². The highest BCUT2D eigenvalue weighted by Gasteiger charge is 2.22. The van der Waals surface area contributed by atoms with Gasteiger partial charge in [-0.1, -0.05) is 15.9 Å². The van der Waals surface area contributed by atoms with Gasteiger partial charge in [0.1, 0.15) is 0 Å². The minimum Gasteiger partial charge on any atom is -0.346 e. The predicted molar refractivity (Wildman–Crippen MR) is 76.1 cm³/mol. The highest BCUT2D eigenvalue weighted by Crippen LogP contribution is 2.19. The second-order valence-corrected chi connectivity index (χ2v) is 5.63. The van der Waals surface area contributed by atoms with Crippen molar-refractivity contribution < 1.29 is 14.5 Å². The average Bonchev–Trinajstić information content (AvgIpc) is 2.33. The second-order valence-electron chi connectivity index (χ2n) is 4.71. The molecular weight excluding hydrogens is 310 g/mol. The van der Waals surface area contributed by atoms with Crippen LogP contribution in [0.25, 0.3) is 0 Å². The summed E-state index contributed by atoms with van der Waals surface area (Å²) in [5.74, 6) is -0.0519. The summed E-state index contributed by atoms with van der Waals surface area (Å²) >= 11 is 3.39. The first-order valence-corrected chi connectivity index (χ1v) is 7.00. The van der Waals surface area contributed by atoms with Crippen molar-refractivity contribution in [2.24, 2.45) is 0 Å². The van der Waals surface area contributed by atoms with Crippen LogP contribution in [0.3, 0.4) is 0 Å². The van der Waals surface area contributed by atoms with Crippen LogP contribution in [0.5, 0.6) is 0 Å². The van der Waals surface area contributed by atoms with Crippen molar-refractivity contribution in [3.05, 3.63) is 28.2 Å². The lowest BCUT2D eigenvalue weighted by atomic mass is 10.2. The van der Waals surface area contributed by atoms with E-state index in [-0.39, 0.29) is 11.8 Å². The molecule has 5 nitrogen and oxygen atoms in total. The van der Waals surface area contributed by atoms with Crippen LogP contribution in [0.15, 0.2) is 22.7 Å². The number of piperazine rings is 1. The molecule has 1 heterocycles. The lowest BCUT2D eigenvalue weighted by molar-refractivity contribution is -0.885. The summed E-state index contributed by atoms with van der Waals surface area (Å²) in [5.41, 5.74) is 1.82. The summed E-state index contributed by atoms with van der Waals surface area (Å²) in [6.07, 6.45) is 0. The van der Waals surface area contributed by atoms with E-state index in [9.17, 15) is 9.59 Å². The Balaban J connectivity index is 1.92. The van der Waals surface area contributed by atoms with Gasteiger partial charge < -0.3 is 15.5 Å². The van der Waals surface area contributed by atoms with E-state index in [4.69, 9.17) is 0 Å². The zero-order chi connectivity index (χ0) is 13.8. The largest absolute Gasteiger partial charge is 0.346 e. The van der Waals surface area contributed by atoms with Gasteiger partial charge in [0.25, 0.3) is 11.8 Å². The summed E-state index contributed by atoms with van der Waals surface area (Å²) in [7, 11) is 0. The van der Waals surface area contributed by atoms with Crippen LogP contribution >= 0.6 is 15.9 Å². The molecule has 1 aromatic carbocycles. The van der Waals surface area contributed by atoms with Gasteiger partial charge in [-0.05, 0) is 30.7 Å². The Bertz CT molecular complexity index is 505. The monoisotopic (exact) mass is 326 g/mol. The Kier molecular flexibility index (Phi) is 4.55. The van der Waals surface area contributed by atoms with Crippen molar-refractivity contribution in [1.29, 1.82) is 0 Å². The molecule has 2 amide bonds. The molecule has 1 aromatic rings. The molecule has 0 bridgehead atoms. The third-order valence-electron chi connectivity index (χ3n) is 3.08.